The molecule has 3 heterocycles. The van der Waals surface area contributed by atoms with E-state index < -0.39 is 5.97 Å². The summed E-state index contributed by atoms with van der Waals surface area (Å²) in [4.78, 5) is 15.9. The fraction of sp³-hybridized carbons (Fsp3) is 0.429. The standard InChI is InChI=1S/C14H18N4O2/c1-16-5-7-17(8-6-16)10-11-3-2-4-18-13(11)12(9-15-18)14(19)20/h2-4,9H,5-8,10H2,1H3,(H,19,20). The van der Waals surface area contributed by atoms with Crippen LogP contribution in [0.2, 0.25) is 0 Å². The maximum absolute atomic E-state index is 11.3. The molecule has 0 saturated carbocycles. The first kappa shape index (κ1) is 13.1. The van der Waals surface area contributed by atoms with Crippen LogP contribution in [0.15, 0.2) is 24.5 Å². The summed E-state index contributed by atoms with van der Waals surface area (Å²) >= 11 is 0. The lowest BCUT2D eigenvalue weighted by Gasteiger charge is -2.32. The molecule has 1 aliphatic heterocycles. The Kier molecular flexibility index (Phi) is 3.42. The number of likely N-dealkylation sites (N-methyl/N-ethyl adjacent to an activating group) is 1. The summed E-state index contributed by atoms with van der Waals surface area (Å²) in [5.74, 6) is -0.925. The van der Waals surface area contributed by atoms with Gasteiger partial charge in [-0.2, -0.15) is 5.10 Å². The van der Waals surface area contributed by atoms with Crippen molar-refractivity contribution in [2.75, 3.05) is 33.2 Å². The highest BCUT2D eigenvalue weighted by Gasteiger charge is 2.18. The van der Waals surface area contributed by atoms with Crippen molar-refractivity contribution in [2.45, 2.75) is 6.54 Å². The van der Waals surface area contributed by atoms with Gasteiger partial charge in [0.25, 0.3) is 0 Å². The number of hydrogen-bond donors (Lipinski definition) is 1. The van der Waals surface area contributed by atoms with E-state index in [1.54, 1.807) is 10.7 Å². The number of carbonyl (C=O) groups is 1. The van der Waals surface area contributed by atoms with E-state index in [4.69, 9.17) is 0 Å². The van der Waals surface area contributed by atoms with Gasteiger partial charge in [-0.05, 0) is 18.7 Å². The van der Waals surface area contributed by atoms with E-state index in [9.17, 15) is 9.90 Å². The van der Waals surface area contributed by atoms with E-state index in [1.165, 1.54) is 6.20 Å². The Bertz CT molecular complexity index is 629. The van der Waals surface area contributed by atoms with Crippen LogP contribution in [0.5, 0.6) is 0 Å². The molecule has 1 aliphatic rings. The zero-order chi connectivity index (χ0) is 14.1. The third-order valence-electron chi connectivity index (χ3n) is 3.84. The van der Waals surface area contributed by atoms with Crippen LogP contribution in [-0.4, -0.2) is 63.7 Å². The Morgan fingerprint density at radius 1 is 1.35 bits per heavy atom. The molecule has 2 aromatic rings. The van der Waals surface area contributed by atoms with E-state index in [0.29, 0.717) is 5.52 Å². The van der Waals surface area contributed by atoms with Gasteiger partial charge in [0.2, 0.25) is 0 Å². The van der Waals surface area contributed by atoms with Crippen molar-refractivity contribution >= 4 is 11.5 Å². The van der Waals surface area contributed by atoms with Gasteiger partial charge >= 0.3 is 5.97 Å². The molecule has 0 atom stereocenters. The van der Waals surface area contributed by atoms with E-state index >= 15 is 0 Å². The van der Waals surface area contributed by atoms with E-state index in [1.807, 2.05) is 12.1 Å². The third kappa shape index (κ3) is 2.39. The highest BCUT2D eigenvalue weighted by atomic mass is 16.4. The van der Waals surface area contributed by atoms with Crippen LogP contribution < -0.4 is 0 Å². The van der Waals surface area contributed by atoms with Crippen LogP contribution in [0.1, 0.15) is 15.9 Å². The molecular formula is C14H18N4O2. The van der Waals surface area contributed by atoms with Crippen molar-refractivity contribution in [1.82, 2.24) is 19.4 Å². The lowest BCUT2D eigenvalue weighted by atomic mass is 10.1. The summed E-state index contributed by atoms with van der Waals surface area (Å²) in [5.41, 5.74) is 2.00. The number of rotatable bonds is 3. The largest absolute Gasteiger partial charge is 0.478 e. The zero-order valence-electron chi connectivity index (χ0n) is 11.5. The number of aromatic nitrogens is 2. The van der Waals surface area contributed by atoms with Crippen molar-refractivity contribution in [1.29, 1.82) is 0 Å². The Hall–Kier alpha value is -1.92. The Balaban J connectivity index is 1.91. The fourth-order valence-electron chi connectivity index (χ4n) is 2.65. The first-order valence-corrected chi connectivity index (χ1v) is 6.74. The fourth-order valence-corrected chi connectivity index (χ4v) is 2.65. The summed E-state index contributed by atoms with van der Waals surface area (Å²) in [6.45, 7) is 4.88. The third-order valence-corrected chi connectivity index (χ3v) is 3.84. The topological polar surface area (TPSA) is 61.1 Å². The Labute approximate surface area is 117 Å². The molecule has 6 nitrogen and oxygen atoms in total. The van der Waals surface area contributed by atoms with Crippen LogP contribution >= 0.6 is 0 Å². The molecule has 20 heavy (non-hydrogen) atoms. The molecule has 1 saturated heterocycles. The first-order chi connectivity index (χ1) is 9.65. The van der Waals surface area contributed by atoms with Gasteiger partial charge in [-0.25, -0.2) is 9.31 Å². The molecule has 6 heteroatoms. The number of piperazine rings is 1. The molecule has 2 aromatic heterocycles. The van der Waals surface area contributed by atoms with Crippen LogP contribution in [-0.2, 0) is 6.54 Å². The van der Waals surface area contributed by atoms with Crippen LogP contribution in [0.3, 0.4) is 0 Å². The highest BCUT2D eigenvalue weighted by Crippen LogP contribution is 2.18. The summed E-state index contributed by atoms with van der Waals surface area (Å²) in [7, 11) is 2.12. The Morgan fingerprint density at radius 3 is 2.80 bits per heavy atom. The summed E-state index contributed by atoms with van der Waals surface area (Å²) in [6, 6.07) is 3.90. The van der Waals surface area contributed by atoms with Crippen LogP contribution in [0.25, 0.3) is 5.52 Å². The number of nitrogens with zero attached hydrogens (tertiary/aromatic N) is 4. The zero-order valence-corrected chi connectivity index (χ0v) is 11.5. The van der Waals surface area contributed by atoms with Gasteiger partial charge in [-0.15, -0.1) is 0 Å². The van der Waals surface area contributed by atoms with Crippen molar-refractivity contribution in [2.24, 2.45) is 0 Å². The second kappa shape index (κ2) is 5.22. The van der Waals surface area contributed by atoms with Crippen LogP contribution in [0, 0.1) is 0 Å². The molecule has 0 aromatic carbocycles. The van der Waals surface area contributed by atoms with Gasteiger partial charge in [-0.3, -0.25) is 4.90 Å². The maximum Gasteiger partial charge on any atom is 0.339 e. The van der Waals surface area contributed by atoms with E-state index in [-0.39, 0.29) is 5.56 Å². The second-order valence-corrected chi connectivity index (χ2v) is 5.27. The molecule has 3 rings (SSSR count). The normalized spacial score (nSPS) is 17.6. The molecule has 0 bridgehead atoms. The number of fused-ring (bicyclic) bond motifs is 1. The van der Waals surface area contributed by atoms with Gasteiger partial charge in [0.05, 0.1) is 11.7 Å². The molecule has 106 valence electrons. The number of carboxylic acid groups (broad SMARTS) is 1. The van der Waals surface area contributed by atoms with Gasteiger partial charge in [0.1, 0.15) is 5.56 Å². The van der Waals surface area contributed by atoms with Crippen LogP contribution in [0.4, 0.5) is 0 Å². The van der Waals surface area contributed by atoms with Crippen molar-refractivity contribution in [3.05, 3.63) is 35.7 Å². The molecule has 1 fully saturated rings. The average Bonchev–Trinajstić information content (AvgIpc) is 2.86. The molecule has 0 amide bonds. The lowest BCUT2D eigenvalue weighted by molar-refractivity contribution is 0.0699. The lowest BCUT2D eigenvalue weighted by Crippen LogP contribution is -2.43. The van der Waals surface area contributed by atoms with Gasteiger partial charge in [0.15, 0.2) is 0 Å². The molecule has 0 radical (unpaired) electrons. The quantitative estimate of drug-likeness (QED) is 0.896. The predicted octanol–water partition coefficient (Wildman–Crippen LogP) is 0.780. The summed E-state index contributed by atoms with van der Waals surface area (Å²) < 4.78 is 1.65. The highest BCUT2D eigenvalue weighted by molar-refractivity contribution is 5.96. The second-order valence-electron chi connectivity index (χ2n) is 5.27. The minimum Gasteiger partial charge on any atom is -0.478 e. The van der Waals surface area contributed by atoms with Gasteiger partial charge in [-0.1, -0.05) is 6.07 Å². The molecular weight excluding hydrogens is 256 g/mol. The van der Waals surface area contributed by atoms with Crippen molar-refractivity contribution in [3.8, 4) is 0 Å². The van der Waals surface area contributed by atoms with Crippen molar-refractivity contribution < 1.29 is 9.90 Å². The SMILES string of the molecule is CN1CCN(Cc2cccn3ncc(C(=O)O)c23)CC1. The Morgan fingerprint density at radius 2 is 2.10 bits per heavy atom. The molecule has 0 unspecified atom stereocenters. The number of hydrogen-bond acceptors (Lipinski definition) is 4. The predicted molar refractivity (Wildman–Crippen MR) is 74.9 cm³/mol. The van der Waals surface area contributed by atoms with E-state index in [0.717, 1.165) is 38.3 Å². The molecule has 0 aliphatic carbocycles. The van der Waals surface area contributed by atoms with E-state index in [2.05, 4.69) is 21.9 Å². The number of aromatic carboxylic acids is 1. The maximum atomic E-state index is 11.3. The van der Waals surface area contributed by atoms with Gasteiger partial charge in [0, 0.05) is 38.9 Å². The summed E-state index contributed by atoms with van der Waals surface area (Å²) in [5, 5.41) is 13.4. The minimum absolute atomic E-state index is 0.273. The number of carboxylic acids is 1. The monoisotopic (exact) mass is 274 g/mol. The first-order valence-electron chi connectivity index (χ1n) is 6.74. The average molecular weight is 274 g/mol. The molecule has 0 spiro atoms. The number of pyridine rings is 1. The van der Waals surface area contributed by atoms with Crippen molar-refractivity contribution in [3.63, 3.8) is 0 Å². The smallest absolute Gasteiger partial charge is 0.339 e. The van der Waals surface area contributed by atoms with Gasteiger partial charge < -0.3 is 10.0 Å². The summed E-state index contributed by atoms with van der Waals surface area (Å²) in [6.07, 6.45) is 3.21. The minimum atomic E-state index is -0.925. The molecule has 1 N–H and O–H groups in total.